The third-order valence-electron chi connectivity index (χ3n) is 3.16. The molecular weight excluding hydrogens is 152 g/mol. The van der Waals surface area contributed by atoms with E-state index < -0.39 is 0 Å². The van der Waals surface area contributed by atoms with Crippen LogP contribution in [-0.2, 0) is 0 Å². The van der Waals surface area contributed by atoms with E-state index in [1.54, 1.807) is 11.1 Å². The van der Waals surface area contributed by atoms with Gasteiger partial charge in [-0.05, 0) is 38.0 Å². The molecule has 2 rings (SSSR count). The minimum atomic E-state index is 0.661. The normalized spacial score (nSPS) is 37.6. The highest BCUT2D eigenvalue weighted by Crippen LogP contribution is 2.41. The average molecular weight is 168 g/mol. The first-order valence-electron chi connectivity index (χ1n) is 4.66. The van der Waals surface area contributed by atoms with E-state index >= 15 is 0 Å². The largest absolute Gasteiger partial charge is 0.176 e. The van der Waals surface area contributed by atoms with Crippen LogP contribution in [0.4, 0.5) is 0 Å². The first-order valence-corrected chi connectivity index (χ1v) is 5.18. The second-order valence-corrected chi connectivity index (χ2v) is 4.70. The predicted molar refractivity (Wildman–Crippen MR) is 52.0 cm³/mol. The van der Waals surface area contributed by atoms with Crippen molar-refractivity contribution in [2.75, 3.05) is 0 Å². The molecule has 0 aromatic heterocycles. The van der Waals surface area contributed by atoms with Crippen LogP contribution in [0.15, 0.2) is 11.1 Å². The fraction of sp³-hybridized carbons (Fsp3) is 0.800. The van der Waals surface area contributed by atoms with Gasteiger partial charge < -0.3 is 0 Å². The zero-order valence-corrected chi connectivity index (χ0v) is 8.03. The molecule has 0 aromatic carbocycles. The topological polar surface area (TPSA) is 0 Å². The summed E-state index contributed by atoms with van der Waals surface area (Å²) in [5.41, 5.74) is 3.54. The molecule has 0 fully saturated rings. The van der Waals surface area contributed by atoms with E-state index in [1.807, 2.05) is 0 Å². The van der Waals surface area contributed by atoms with E-state index in [9.17, 15) is 0 Å². The molecular formula is C10H16S. The Kier molecular flexibility index (Phi) is 2.00. The minimum Gasteiger partial charge on any atom is -0.176 e. The Labute approximate surface area is 74.5 Å². The Balaban J connectivity index is 2.18. The van der Waals surface area contributed by atoms with Crippen LogP contribution in [0.25, 0.3) is 0 Å². The zero-order chi connectivity index (χ0) is 7.84. The lowest BCUT2D eigenvalue weighted by atomic mass is 9.90. The Bertz CT molecular complexity index is 193. The summed E-state index contributed by atoms with van der Waals surface area (Å²) in [5.74, 6) is 0.875. The van der Waals surface area contributed by atoms with Gasteiger partial charge in [-0.2, -0.15) is 12.6 Å². The lowest BCUT2D eigenvalue weighted by molar-refractivity contribution is 0.624. The highest BCUT2D eigenvalue weighted by molar-refractivity contribution is 7.80. The molecule has 0 aliphatic heterocycles. The van der Waals surface area contributed by atoms with E-state index in [1.165, 1.54) is 32.1 Å². The minimum absolute atomic E-state index is 0.661. The summed E-state index contributed by atoms with van der Waals surface area (Å²) in [5, 5.41) is 0.661. The first-order chi connectivity index (χ1) is 5.27. The third kappa shape index (κ3) is 1.35. The van der Waals surface area contributed by atoms with Crippen molar-refractivity contribution in [2.45, 2.75) is 44.3 Å². The molecule has 1 unspecified atom stereocenters. The summed E-state index contributed by atoms with van der Waals surface area (Å²) in [6, 6.07) is 0. The van der Waals surface area contributed by atoms with Crippen molar-refractivity contribution in [2.24, 2.45) is 5.92 Å². The lowest BCUT2D eigenvalue weighted by Crippen LogP contribution is -2.09. The SMILES string of the molecule is CC1CCC2=C1C[C@@H](S)CC2. The highest BCUT2D eigenvalue weighted by Gasteiger charge is 2.26. The lowest BCUT2D eigenvalue weighted by Gasteiger charge is -2.21. The van der Waals surface area contributed by atoms with Crippen molar-refractivity contribution in [1.29, 1.82) is 0 Å². The van der Waals surface area contributed by atoms with E-state index in [2.05, 4.69) is 19.6 Å². The number of thiol groups is 1. The highest BCUT2D eigenvalue weighted by atomic mass is 32.1. The maximum atomic E-state index is 4.55. The zero-order valence-electron chi connectivity index (χ0n) is 7.14. The summed E-state index contributed by atoms with van der Waals surface area (Å²) < 4.78 is 0. The van der Waals surface area contributed by atoms with Gasteiger partial charge in [-0.3, -0.25) is 0 Å². The van der Waals surface area contributed by atoms with Crippen molar-refractivity contribution in [3.05, 3.63) is 11.1 Å². The van der Waals surface area contributed by atoms with Gasteiger partial charge in [0.15, 0.2) is 0 Å². The Hall–Kier alpha value is 0.0900. The second-order valence-electron chi connectivity index (χ2n) is 3.97. The molecule has 0 radical (unpaired) electrons. The first kappa shape index (κ1) is 7.72. The fourth-order valence-electron chi connectivity index (χ4n) is 2.40. The summed E-state index contributed by atoms with van der Waals surface area (Å²) >= 11 is 4.55. The van der Waals surface area contributed by atoms with Crippen LogP contribution < -0.4 is 0 Å². The van der Waals surface area contributed by atoms with Gasteiger partial charge in [-0.1, -0.05) is 18.1 Å². The van der Waals surface area contributed by atoms with Gasteiger partial charge in [0, 0.05) is 5.25 Å². The molecule has 0 spiro atoms. The smallest absolute Gasteiger partial charge is 0.00572 e. The van der Waals surface area contributed by atoms with E-state index in [-0.39, 0.29) is 0 Å². The Morgan fingerprint density at radius 1 is 1.27 bits per heavy atom. The van der Waals surface area contributed by atoms with Gasteiger partial charge in [-0.25, -0.2) is 0 Å². The van der Waals surface area contributed by atoms with Gasteiger partial charge in [0.2, 0.25) is 0 Å². The maximum Gasteiger partial charge on any atom is 0.00572 e. The summed E-state index contributed by atoms with van der Waals surface area (Å²) in [7, 11) is 0. The molecule has 0 amide bonds. The third-order valence-corrected chi connectivity index (χ3v) is 3.60. The van der Waals surface area contributed by atoms with Crippen molar-refractivity contribution in [1.82, 2.24) is 0 Å². The van der Waals surface area contributed by atoms with Gasteiger partial charge >= 0.3 is 0 Å². The molecule has 0 saturated carbocycles. The van der Waals surface area contributed by atoms with Crippen LogP contribution in [0.5, 0.6) is 0 Å². The van der Waals surface area contributed by atoms with Gasteiger partial charge in [0.25, 0.3) is 0 Å². The fourth-order valence-corrected chi connectivity index (χ4v) is 2.73. The van der Waals surface area contributed by atoms with Gasteiger partial charge in [-0.15, -0.1) is 0 Å². The molecule has 2 aliphatic carbocycles. The average Bonchev–Trinajstić information content (AvgIpc) is 2.33. The molecule has 1 heteroatoms. The van der Waals surface area contributed by atoms with Crippen LogP contribution in [0.2, 0.25) is 0 Å². The Morgan fingerprint density at radius 3 is 2.82 bits per heavy atom. The predicted octanol–water partition coefficient (Wildman–Crippen LogP) is 3.20. The number of rotatable bonds is 0. The van der Waals surface area contributed by atoms with Gasteiger partial charge in [0.1, 0.15) is 0 Å². The molecule has 62 valence electrons. The van der Waals surface area contributed by atoms with Crippen LogP contribution in [0.3, 0.4) is 0 Å². The molecule has 0 aromatic rings. The molecule has 11 heavy (non-hydrogen) atoms. The van der Waals surface area contributed by atoms with E-state index in [0.29, 0.717) is 5.25 Å². The monoisotopic (exact) mass is 168 g/mol. The van der Waals surface area contributed by atoms with Crippen molar-refractivity contribution < 1.29 is 0 Å². The molecule has 2 aliphatic rings. The van der Waals surface area contributed by atoms with E-state index in [0.717, 1.165) is 5.92 Å². The molecule has 0 heterocycles. The van der Waals surface area contributed by atoms with Crippen LogP contribution >= 0.6 is 12.6 Å². The molecule has 0 bridgehead atoms. The van der Waals surface area contributed by atoms with Crippen molar-refractivity contribution >= 4 is 12.6 Å². The van der Waals surface area contributed by atoms with E-state index in [4.69, 9.17) is 0 Å². The summed E-state index contributed by atoms with van der Waals surface area (Å²) in [6.07, 6.45) is 6.73. The summed E-state index contributed by atoms with van der Waals surface area (Å²) in [6.45, 7) is 2.37. The quantitative estimate of drug-likeness (QED) is 0.417. The standard InChI is InChI=1S/C10H16S/c1-7-2-3-8-4-5-9(11)6-10(7)8/h7,9,11H,2-6H2,1H3/t7?,9-/m0/s1. The molecule has 0 nitrogen and oxygen atoms in total. The molecule has 2 atom stereocenters. The van der Waals surface area contributed by atoms with Crippen molar-refractivity contribution in [3.63, 3.8) is 0 Å². The summed E-state index contributed by atoms with van der Waals surface area (Å²) in [4.78, 5) is 0. The molecule has 0 saturated heterocycles. The maximum absolute atomic E-state index is 4.55. The van der Waals surface area contributed by atoms with Crippen molar-refractivity contribution in [3.8, 4) is 0 Å². The van der Waals surface area contributed by atoms with Gasteiger partial charge in [0.05, 0.1) is 0 Å². The molecule has 0 N–H and O–H groups in total. The number of hydrogen-bond donors (Lipinski definition) is 1. The number of hydrogen-bond acceptors (Lipinski definition) is 1. The van der Waals surface area contributed by atoms with Crippen LogP contribution in [0.1, 0.15) is 39.0 Å². The van der Waals surface area contributed by atoms with Crippen LogP contribution in [0, 0.1) is 5.92 Å². The second kappa shape index (κ2) is 2.85. The van der Waals surface area contributed by atoms with Crippen LogP contribution in [-0.4, -0.2) is 5.25 Å². The Morgan fingerprint density at radius 2 is 2.00 bits per heavy atom. The number of allylic oxidation sites excluding steroid dienone is 2.